The third-order valence-electron chi connectivity index (χ3n) is 7.30. The van der Waals surface area contributed by atoms with Crippen LogP contribution in [0.5, 0.6) is 0 Å². The van der Waals surface area contributed by atoms with Gasteiger partial charge >= 0.3 is 0 Å². The number of fused-ring (bicyclic) bond motifs is 4. The second kappa shape index (κ2) is 7.71. The molecule has 0 spiro atoms. The quantitative estimate of drug-likeness (QED) is 0.742. The molecule has 0 radical (unpaired) electrons. The van der Waals surface area contributed by atoms with Gasteiger partial charge in [-0.3, -0.25) is 9.58 Å². The van der Waals surface area contributed by atoms with Crippen LogP contribution in [0.3, 0.4) is 0 Å². The molecule has 0 aliphatic carbocycles. The zero-order valence-electron chi connectivity index (χ0n) is 18.2. The van der Waals surface area contributed by atoms with Gasteiger partial charge in [0.1, 0.15) is 0 Å². The van der Waals surface area contributed by atoms with E-state index in [1.54, 1.807) is 0 Å². The molecule has 6 nitrogen and oxygen atoms in total. The molecular weight excluding hydrogens is 360 g/mol. The number of aryl methyl sites for hydroxylation is 2. The van der Waals surface area contributed by atoms with Gasteiger partial charge in [-0.2, -0.15) is 5.10 Å². The fourth-order valence-corrected chi connectivity index (χ4v) is 5.55. The van der Waals surface area contributed by atoms with E-state index in [1.807, 2.05) is 0 Å². The summed E-state index contributed by atoms with van der Waals surface area (Å²) in [7, 11) is 0. The van der Waals surface area contributed by atoms with Gasteiger partial charge < -0.3 is 4.90 Å². The maximum Gasteiger partial charge on any atom is 0.225 e. The van der Waals surface area contributed by atoms with E-state index >= 15 is 0 Å². The predicted octanol–water partition coefficient (Wildman–Crippen LogP) is 3.95. The number of anilines is 1. The first-order chi connectivity index (χ1) is 14.2. The molecule has 2 saturated heterocycles. The molecule has 29 heavy (non-hydrogen) atoms. The van der Waals surface area contributed by atoms with Crippen molar-refractivity contribution in [3.05, 3.63) is 34.4 Å². The van der Waals surface area contributed by atoms with E-state index in [-0.39, 0.29) is 0 Å². The zero-order valence-corrected chi connectivity index (χ0v) is 18.2. The molecular formula is C23H34N6. The van der Waals surface area contributed by atoms with E-state index in [1.165, 1.54) is 66.7 Å². The first-order valence-corrected chi connectivity index (χ1v) is 11.5. The minimum absolute atomic E-state index is 0.467. The standard InChI is InChI=1S/C23H34N6/c1-4-5-12-29-17(3)20(16(2)26-29)15-28-18-8-9-22(28)19-14-24-23(25-21(19)13-18)27-10-6-7-11-27/h14,18,22H,4-13,15H2,1-3H3. The topological polar surface area (TPSA) is 50.1 Å². The molecule has 3 aliphatic rings. The maximum absolute atomic E-state index is 5.02. The zero-order chi connectivity index (χ0) is 20.0. The third-order valence-corrected chi connectivity index (χ3v) is 7.30. The third kappa shape index (κ3) is 3.35. The summed E-state index contributed by atoms with van der Waals surface area (Å²) in [5, 5.41) is 4.84. The Kier molecular flexibility index (Phi) is 5.06. The monoisotopic (exact) mass is 394 g/mol. The van der Waals surface area contributed by atoms with Gasteiger partial charge in [0.05, 0.1) is 11.4 Å². The number of rotatable bonds is 6. The molecule has 5 rings (SSSR count). The minimum Gasteiger partial charge on any atom is -0.341 e. The highest BCUT2D eigenvalue weighted by molar-refractivity contribution is 5.38. The molecule has 2 bridgehead atoms. The molecule has 5 heterocycles. The SMILES string of the molecule is CCCCn1nc(C)c(CN2C3CCC2c2cnc(N4CCCC4)nc2C3)c1C. The van der Waals surface area contributed by atoms with Crippen LogP contribution in [0.1, 0.15) is 79.7 Å². The molecule has 2 aromatic rings. The van der Waals surface area contributed by atoms with Crippen LogP contribution >= 0.6 is 0 Å². The van der Waals surface area contributed by atoms with E-state index in [0.29, 0.717) is 12.1 Å². The highest BCUT2D eigenvalue weighted by atomic mass is 15.3. The number of hydrogen-bond donors (Lipinski definition) is 0. The lowest BCUT2D eigenvalue weighted by molar-refractivity contribution is 0.165. The lowest BCUT2D eigenvalue weighted by atomic mass is 9.98. The van der Waals surface area contributed by atoms with Crippen molar-refractivity contribution in [2.45, 2.75) is 90.9 Å². The molecule has 156 valence electrons. The fraction of sp³-hybridized carbons (Fsp3) is 0.696. The summed E-state index contributed by atoms with van der Waals surface area (Å²) < 4.78 is 2.22. The Bertz CT molecular complexity index is 882. The molecule has 2 unspecified atom stereocenters. The van der Waals surface area contributed by atoms with Crippen LogP contribution in [0.2, 0.25) is 0 Å². The van der Waals surface area contributed by atoms with Gasteiger partial charge in [0.15, 0.2) is 0 Å². The van der Waals surface area contributed by atoms with Gasteiger partial charge in [-0.05, 0) is 46.0 Å². The highest BCUT2D eigenvalue weighted by Gasteiger charge is 2.41. The van der Waals surface area contributed by atoms with Crippen molar-refractivity contribution in [1.29, 1.82) is 0 Å². The Hall–Kier alpha value is -1.95. The summed E-state index contributed by atoms with van der Waals surface area (Å²) >= 11 is 0. The molecule has 3 aliphatic heterocycles. The van der Waals surface area contributed by atoms with Crippen molar-refractivity contribution >= 4 is 5.95 Å². The van der Waals surface area contributed by atoms with Gasteiger partial charge in [0.25, 0.3) is 0 Å². The second-order valence-electron chi connectivity index (χ2n) is 9.12. The van der Waals surface area contributed by atoms with Crippen LogP contribution in [-0.2, 0) is 19.5 Å². The normalized spacial score (nSPS) is 23.8. The molecule has 0 saturated carbocycles. The van der Waals surface area contributed by atoms with Crippen LogP contribution in [0.25, 0.3) is 0 Å². The summed E-state index contributed by atoms with van der Waals surface area (Å²) in [5.41, 5.74) is 6.65. The largest absolute Gasteiger partial charge is 0.341 e. The first-order valence-electron chi connectivity index (χ1n) is 11.5. The fourth-order valence-electron chi connectivity index (χ4n) is 5.55. The van der Waals surface area contributed by atoms with E-state index in [4.69, 9.17) is 15.1 Å². The Morgan fingerprint density at radius 1 is 1.14 bits per heavy atom. The van der Waals surface area contributed by atoms with Gasteiger partial charge in [0, 0.05) is 67.7 Å². The van der Waals surface area contributed by atoms with Crippen LogP contribution in [0.15, 0.2) is 6.20 Å². The average Bonchev–Trinajstić information content (AvgIpc) is 3.41. The van der Waals surface area contributed by atoms with Crippen LogP contribution in [0.4, 0.5) is 5.95 Å². The van der Waals surface area contributed by atoms with E-state index in [2.05, 4.69) is 41.4 Å². The van der Waals surface area contributed by atoms with Crippen LogP contribution in [-0.4, -0.2) is 43.8 Å². The Morgan fingerprint density at radius 2 is 1.97 bits per heavy atom. The number of unbranched alkanes of at least 4 members (excludes halogenated alkanes) is 1. The predicted molar refractivity (Wildman–Crippen MR) is 115 cm³/mol. The molecule has 0 amide bonds. The van der Waals surface area contributed by atoms with Gasteiger partial charge in [-0.1, -0.05) is 13.3 Å². The molecule has 2 fully saturated rings. The highest BCUT2D eigenvalue weighted by Crippen LogP contribution is 2.44. The van der Waals surface area contributed by atoms with Gasteiger partial charge in [-0.15, -0.1) is 0 Å². The van der Waals surface area contributed by atoms with Crippen molar-refractivity contribution in [3.8, 4) is 0 Å². The van der Waals surface area contributed by atoms with E-state index in [0.717, 1.165) is 38.5 Å². The van der Waals surface area contributed by atoms with Crippen molar-refractivity contribution in [3.63, 3.8) is 0 Å². The lowest BCUT2D eigenvalue weighted by Crippen LogP contribution is -2.38. The number of hydrogen-bond acceptors (Lipinski definition) is 5. The first kappa shape index (κ1) is 19.0. The average molecular weight is 395 g/mol. The van der Waals surface area contributed by atoms with E-state index in [9.17, 15) is 0 Å². The number of aromatic nitrogens is 4. The van der Waals surface area contributed by atoms with Crippen molar-refractivity contribution in [2.24, 2.45) is 0 Å². The molecule has 2 aromatic heterocycles. The van der Waals surface area contributed by atoms with E-state index < -0.39 is 0 Å². The Balaban J connectivity index is 1.38. The summed E-state index contributed by atoms with van der Waals surface area (Å²) in [6.07, 6.45) is 10.6. The van der Waals surface area contributed by atoms with Crippen molar-refractivity contribution in [2.75, 3.05) is 18.0 Å². The number of nitrogens with zero attached hydrogens (tertiary/aromatic N) is 6. The molecule has 2 atom stereocenters. The second-order valence-corrected chi connectivity index (χ2v) is 9.12. The van der Waals surface area contributed by atoms with Crippen LogP contribution in [0, 0.1) is 13.8 Å². The smallest absolute Gasteiger partial charge is 0.225 e. The summed E-state index contributed by atoms with van der Waals surface area (Å²) in [6, 6.07) is 1.07. The minimum atomic E-state index is 0.467. The molecule has 6 heteroatoms. The van der Waals surface area contributed by atoms with Gasteiger partial charge in [-0.25, -0.2) is 9.97 Å². The summed E-state index contributed by atoms with van der Waals surface area (Å²) in [5.74, 6) is 0.956. The van der Waals surface area contributed by atoms with Crippen molar-refractivity contribution in [1.82, 2.24) is 24.6 Å². The Labute approximate surface area is 174 Å². The summed E-state index contributed by atoms with van der Waals surface area (Å²) in [6.45, 7) is 10.9. The summed E-state index contributed by atoms with van der Waals surface area (Å²) in [4.78, 5) is 14.9. The molecule has 0 aromatic carbocycles. The van der Waals surface area contributed by atoms with Crippen LogP contribution < -0.4 is 4.90 Å². The lowest BCUT2D eigenvalue weighted by Gasteiger charge is -2.36. The maximum atomic E-state index is 5.02. The Morgan fingerprint density at radius 3 is 2.76 bits per heavy atom. The molecule has 0 N–H and O–H groups in total. The van der Waals surface area contributed by atoms with Gasteiger partial charge in [0.2, 0.25) is 5.95 Å². The van der Waals surface area contributed by atoms with Crippen molar-refractivity contribution < 1.29 is 0 Å².